The van der Waals surface area contributed by atoms with Crippen LogP contribution in [0.2, 0.25) is 0 Å². The lowest BCUT2D eigenvalue weighted by atomic mass is 10.1. The van der Waals surface area contributed by atoms with Crippen LogP contribution in [0.25, 0.3) is 16.8 Å². The van der Waals surface area contributed by atoms with Crippen molar-refractivity contribution in [3.63, 3.8) is 0 Å². The summed E-state index contributed by atoms with van der Waals surface area (Å²) >= 11 is 0. The van der Waals surface area contributed by atoms with E-state index in [4.69, 9.17) is 4.74 Å². The van der Waals surface area contributed by atoms with Gasteiger partial charge in [-0.3, -0.25) is 4.98 Å². The van der Waals surface area contributed by atoms with Crippen molar-refractivity contribution in [2.24, 2.45) is 0 Å². The minimum absolute atomic E-state index is 0.794. The molecule has 0 fully saturated rings. The normalized spacial score (nSPS) is 10.8. The second-order valence-corrected chi connectivity index (χ2v) is 5.89. The van der Waals surface area contributed by atoms with Gasteiger partial charge in [0.1, 0.15) is 11.6 Å². The zero-order chi connectivity index (χ0) is 17.8. The Morgan fingerprint density at radius 2 is 1.92 bits per heavy atom. The molecule has 0 aliphatic carbocycles. The largest absolute Gasteiger partial charge is 0.497 e. The van der Waals surface area contributed by atoms with Crippen molar-refractivity contribution in [2.75, 3.05) is 19.0 Å². The minimum Gasteiger partial charge on any atom is -0.497 e. The zero-order valence-corrected chi connectivity index (χ0v) is 14.5. The Labute approximate surface area is 151 Å². The molecule has 130 valence electrons. The molecule has 6 heteroatoms. The van der Waals surface area contributed by atoms with Crippen molar-refractivity contribution in [3.8, 4) is 16.9 Å². The average Bonchev–Trinajstić information content (AvgIpc) is 3.14. The highest BCUT2D eigenvalue weighted by atomic mass is 16.5. The number of pyridine rings is 1. The predicted molar refractivity (Wildman–Crippen MR) is 101 cm³/mol. The Morgan fingerprint density at radius 3 is 2.69 bits per heavy atom. The van der Waals surface area contributed by atoms with Crippen molar-refractivity contribution in [2.45, 2.75) is 6.42 Å². The fourth-order valence-corrected chi connectivity index (χ4v) is 2.88. The summed E-state index contributed by atoms with van der Waals surface area (Å²) in [5, 5.41) is 7.94. The van der Waals surface area contributed by atoms with Crippen LogP contribution in [0.15, 0.2) is 67.3 Å². The van der Waals surface area contributed by atoms with Gasteiger partial charge in [0.05, 0.1) is 13.3 Å². The molecule has 0 aliphatic heterocycles. The van der Waals surface area contributed by atoms with Gasteiger partial charge in [0.25, 0.3) is 0 Å². The molecule has 1 N–H and O–H groups in total. The van der Waals surface area contributed by atoms with Gasteiger partial charge >= 0.3 is 0 Å². The van der Waals surface area contributed by atoms with Crippen LogP contribution < -0.4 is 10.1 Å². The molecular weight excluding hydrogens is 326 g/mol. The number of nitrogens with one attached hydrogen (secondary N) is 1. The van der Waals surface area contributed by atoms with Crippen LogP contribution in [-0.2, 0) is 6.42 Å². The third kappa shape index (κ3) is 3.21. The van der Waals surface area contributed by atoms with Crippen LogP contribution >= 0.6 is 0 Å². The number of benzene rings is 1. The van der Waals surface area contributed by atoms with Gasteiger partial charge in [0, 0.05) is 30.7 Å². The minimum atomic E-state index is 0.794. The number of aromatic nitrogens is 4. The molecule has 0 spiro atoms. The Morgan fingerprint density at radius 1 is 1.04 bits per heavy atom. The number of methoxy groups -OCH3 is 1. The maximum atomic E-state index is 5.22. The molecule has 6 nitrogen and oxygen atoms in total. The van der Waals surface area contributed by atoms with E-state index < -0.39 is 0 Å². The Hall–Kier alpha value is -3.41. The summed E-state index contributed by atoms with van der Waals surface area (Å²) in [6, 6.07) is 13.9. The summed E-state index contributed by atoms with van der Waals surface area (Å²) in [4.78, 5) is 8.65. The summed E-state index contributed by atoms with van der Waals surface area (Å²) in [7, 11) is 1.66. The van der Waals surface area contributed by atoms with Gasteiger partial charge in [0.15, 0.2) is 5.65 Å². The highest BCUT2D eigenvalue weighted by molar-refractivity contribution is 5.78. The lowest BCUT2D eigenvalue weighted by molar-refractivity contribution is 0.415. The van der Waals surface area contributed by atoms with Gasteiger partial charge in [0.2, 0.25) is 0 Å². The number of ether oxygens (including phenoxy) is 1. The molecule has 0 atom stereocenters. The van der Waals surface area contributed by atoms with E-state index in [0.717, 1.165) is 41.3 Å². The molecule has 0 amide bonds. The van der Waals surface area contributed by atoms with Crippen molar-refractivity contribution < 1.29 is 4.74 Å². The molecule has 0 saturated carbocycles. The Bertz CT molecular complexity index is 996. The molecule has 1 aromatic carbocycles. The molecular formula is C20H19N5O. The van der Waals surface area contributed by atoms with E-state index in [-0.39, 0.29) is 0 Å². The topological polar surface area (TPSA) is 64.3 Å². The summed E-state index contributed by atoms with van der Waals surface area (Å²) in [5.74, 6) is 1.74. The van der Waals surface area contributed by atoms with Gasteiger partial charge in [-0.15, -0.1) is 0 Å². The summed E-state index contributed by atoms with van der Waals surface area (Å²) in [5.41, 5.74) is 4.07. The van der Waals surface area contributed by atoms with Gasteiger partial charge in [-0.2, -0.15) is 9.61 Å². The lowest BCUT2D eigenvalue weighted by Crippen LogP contribution is -2.09. The molecule has 0 saturated heterocycles. The number of anilines is 1. The second-order valence-electron chi connectivity index (χ2n) is 5.89. The third-order valence-corrected chi connectivity index (χ3v) is 4.24. The predicted octanol–water partition coefficient (Wildman–Crippen LogP) is 3.45. The first-order valence-electron chi connectivity index (χ1n) is 8.45. The molecule has 0 bridgehead atoms. The van der Waals surface area contributed by atoms with Gasteiger partial charge in [-0.25, -0.2) is 4.98 Å². The van der Waals surface area contributed by atoms with Gasteiger partial charge in [-0.05, 0) is 41.8 Å². The number of hydrogen-bond acceptors (Lipinski definition) is 5. The first kappa shape index (κ1) is 16.1. The molecule has 3 heterocycles. The standard InChI is InChI=1S/C20H19N5O/c1-26-17-6-4-16(5-7-17)18-14-24-25-19(9-12-23-20(18)25)22-11-8-15-3-2-10-21-13-15/h2-7,9-10,12-14,22H,8,11H2,1H3. The van der Waals surface area contributed by atoms with Crippen LogP contribution in [0.5, 0.6) is 5.75 Å². The zero-order valence-electron chi connectivity index (χ0n) is 14.5. The summed E-state index contributed by atoms with van der Waals surface area (Å²) in [6.07, 6.45) is 8.21. The van der Waals surface area contributed by atoms with Gasteiger partial charge < -0.3 is 10.1 Å². The fraction of sp³-hybridized carbons (Fsp3) is 0.150. The van der Waals surface area contributed by atoms with Crippen LogP contribution in [0.4, 0.5) is 5.82 Å². The van der Waals surface area contributed by atoms with Crippen LogP contribution in [0.3, 0.4) is 0 Å². The average molecular weight is 345 g/mol. The van der Waals surface area contributed by atoms with E-state index in [9.17, 15) is 0 Å². The first-order chi connectivity index (χ1) is 12.8. The quantitative estimate of drug-likeness (QED) is 0.580. The maximum Gasteiger partial charge on any atom is 0.165 e. The molecule has 0 unspecified atom stereocenters. The van der Waals surface area contributed by atoms with Crippen LogP contribution in [0, 0.1) is 0 Å². The number of fused-ring (bicyclic) bond motifs is 1. The molecule has 4 aromatic rings. The van der Waals surface area contributed by atoms with Crippen LogP contribution in [-0.4, -0.2) is 33.2 Å². The van der Waals surface area contributed by atoms with E-state index in [1.54, 1.807) is 19.5 Å². The highest BCUT2D eigenvalue weighted by Gasteiger charge is 2.10. The monoisotopic (exact) mass is 345 g/mol. The van der Waals surface area contributed by atoms with Crippen molar-refractivity contribution in [1.29, 1.82) is 0 Å². The van der Waals surface area contributed by atoms with Crippen molar-refractivity contribution in [1.82, 2.24) is 19.6 Å². The molecule has 26 heavy (non-hydrogen) atoms. The Kier molecular flexibility index (Phi) is 4.47. The number of hydrogen-bond donors (Lipinski definition) is 1. The van der Waals surface area contributed by atoms with E-state index in [0.29, 0.717) is 0 Å². The summed E-state index contributed by atoms with van der Waals surface area (Å²) < 4.78 is 7.06. The van der Waals surface area contributed by atoms with Crippen molar-refractivity contribution in [3.05, 3.63) is 72.8 Å². The van der Waals surface area contributed by atoms with E-state index >= 15 is 0 Å². The Balaban J connectivity index is 1.56. The van der Waals surface area contributed by atoms with E-state index in [2.05, 4.69) is 26.4 Å². The third-order valence-electron chi connectivity index (χ3n) is 4.24. The smallest absolute Gasteiger partial charge is 0.165 e. The molecule has 0 aliphatic rings. The van der Waals surface area contributed by atoms with Crippen LogP contribution in [0.1, 0.15) is 5.56 Å². The number of rotatable bonds is 6. The fourth-order valence-electron chi connectivity index (χ4n) is 2.88. The van der Waals surface area contributed by atoms with E-state index in [1.807, 2.05) is 53.3 Å². The lowest BCUT2D eigenvalue weighted by Gasteiger charge is -2.08. The molecule has 4 rings (SSSR count). The SMILES string of the molecule is COc1ccc(-c2cnn3c(NCCc4cccnc4)ccnc23)cc1. The van der Waals surface area contributed by atoms with Gasteiger partial charge in [-0.1, -0.05) is 18.2 Å². The first-order valence-corrected chi connectivity index (χ1v) is 8.45. The van der Waals surface area contributed by atoms with E-state index in [1.165, 1.54) is 5.56 Å². The highest BCUT2D eigenvalue weighted by Crippen LogP contribution is 2.26. The summed E-state index contributed by atoms with van der Waals surface area (Å²) in [6.45, 7) is 0.794. The molecule has 0 radical (unpaired) electrons. The van der Waals surface area contributed by atoms with Crippen molar-refractivity contribution >= 4 is 11.5 Å². The maximum absolute atomic E-state index is 5.22. The number of nitrogens with zero attached hydrogens (tertiary/aromatic N) is 4. The second kappa shape index (κ2) is 7.23. The molecule has 3 aromatic heterocycles.